The maximum absolute atomic E-state index is 13.4. The van der Waals surface area contributed by atoms with Crippen molar-refractivity contribution >= 4 is 38.9 Å². The number of fused-ring (bicyclic) bond motifs is 1. The van der Waals surface area contributed by atoms with Crippen molar-refractivity contribution in [2.24, 2.45) is 11.7 Å². The molecule has 1 atom stereocenters. The van der Waals surface area contributed by atoms with E-state index in [0.717, 1.165) is 76.6 Å². The van der Waals surface area contributed by atoms with Crippen LogP contribution in [0.25, 0.3) is 21.2 Å². The number of piperidine rings is 1. The predicted molar refractivity (Wildman–Crippen MR) is 171 cm³/mol. The summed E-state index contributed by atoms with van der Waals surface area (Å²) in [4.78, 5) is 20.3. The van der Waals surface area contributed by atoms with Crippen LogP contribution in [0.3, 0.4) is 0 Å². The Hall–Kier alpha value is -2.74. The quantitative estimate of drug-likeness (QED) is 0.269. The molecule has 1 amide bonds. The number of piperazine rings is 1. The van der Waals surface area contributed by atoms with E-state index in [0.29, 0.717) is 0 Å². The molecule has 4 aromatic rings. The van der Waals surface area contributed by atoms with E-state index in [1.54, 1.807) is 11.3 Å². The Morgan fingerprint density at radius 1 is 0.878 bits per heavy atom. The lowest BCUT2D eigenvalue weighted by Crippen LogP contribution is -2.55. The second kappa shape index (κ2) is 13.1. The number of carbonyl (C=O) groups is 1. The minimum absolute atomic E-state index is 0.134. The first kappa shape index (κ1) is 28.4. The largest absolute Gasteiger partial charge is 0.339 e. The SMILES string of the molecule is N[C@@H](C(=O)N1CCN(Cc2cccc3sccc23)CC1)C1CCN(CCc2cc(Cl)ccc2-c2ccccc2)CC1. The van der Waals surface area contributed by atoms with Crippen LogP contribution in [0.15, 0.2) is 78.2 Å². The Bertz CT molecular complexity index is 1460. The minimum atomic E-state index is -0.402. The van der Waals surface area contributed by atoms with Crippen LogP contribution in [-0.2, 0) is 17.8 Å². The highest BCUT2D eigenvalue weighted by Gasteiger charge is 2.32. The van der Waals surface area contributed by atoms with E-state index in [-0.39, 0.29) is 11.8 Å². The number of nitrogens with two attached hydrogens (primary N) is 1. The summed E-state index contributed by atoms with van der Waals surface area (Å²) in [5.41, 5.74) is 11.7. The maximum atomic E-state index is 13.4. The van der Waals surface area contributed by atoms with Crippen LogP contribution in [0.5, 0.6) is 0 Å². The molecular weight excluding hydrogens is 548 g/mol. The first-order chi connectivity index (χ1) is 20.0. The number of carbonyl (C=O) groups excluding carboxylic acids is 1. The average molecular weight is 587 g/mol. The third-order valence-corrected chi connectivity index (χ3v) is 10.1. The fourth-order valence-electron chi connectivity index (χ4n) is 6.46. The molecule has 0 saturated carbocycles. The van der Waals surface area contributed by atoms with Gasteiger partial charge in [0.1, 0.15) is 0 Å². The third kappa shape index (κ3) is 6.68. The van der Waals surface area contributed by atoms with E-state index in [2.05, 4.69) is 75.8 Å². The zero-order chi connectivity index (χ0) is 28.2. The summed E-state index contributed by atoms with van der Waals surface area (Å²) in [7, 11) is 0. The van der Waals surface area contributed by atoms with Gasteiger partial charge >= 0.3 is 0 Å². The van der Waals surface area contributed by atoms with Gasteiger partial charge in [-0.05, 0) is 95.6 Å². The van der Waals surface area contributed by atoms with E-state index in [1.807, 2.05) is 17.0 Å². The van der Waals surface area contributed by atoms with Gasteiger partial charge in [-0.2, -0.15) is 0 Å². The zero-order valence-electron chi connectivity index (χ0n) is 23.6. The van der Waals surface area contributed by atoms with E-state index in [9.17, 15) is 4.79 Å². The minimum Gasteiger partial charge on any atom is -0.339 e. The second-order valence-corrected chi connectivity index (χ2v) is 12.9. The molecule has 2 N–H and O–H groups in total. The highest BCUT2D eigenvalue weighted by molar-refractivity contribution is 7.17. The summed E-state index contributed by atoms with van der Waals surface area (Å²) in [6.07, 6.45) is 2.89. The Morgan fingerprint density at radius 2 is 1.66 bits per heavy atom. The number of thiophene rings is 1. The number of benzene rings is 3. The van der Waals surface area contributed by atoms with Crippen molar-refractivity contribution in [3.05, 3.63) is 94.3 Å². The standard InChI is InChI=1S/C34H39ClN4OS/c35-29-9-10-30(25-5-2-1-3-6-25)27(23-29)13-17-37-15-11-26(12-16-37)33(36)34(40)39-20-18-38(19-21-39)24-28-7-4-8-32-31(28)14-22-41-32/h1-10,14,22-23,26,33H,11-13,15-21,24,36H2/t33-/m1/s1. The molecule has 3 heterocycles. The number of amides is 1. The van der Waals surface area contributed by atoms with Crippen molar-refractivity contribution < 1.29 is 4.79 Å². The van der Waals surface area contributed by atoms with Crippen LogP contribution in [0, 0.1) is 5.92 Å². The molecule has 5 nitrogen and oxygen atoms in total. The van der Waals surface area contributed by atoms with Gasteiger partial charge in [-0.25, -0.2) is 0 Å². The molecule has 1 aromatic heterocycles. The van der Waals surface area contributed by atoms with Crippen LogP contribution in [-0.4, -0.2) is 72.5 Å². The number of hydrogen-bond acceptors (Lipinski definition) is 5. The molecule has 0 unspecified atom stereocenters. The predicted octanol–water partition coefficient (Wildman–Crippen LogP) is 6.15. The summed E-state index contributed by atoms with van der Waals surface area (Å²) < 4.78 is 1.34. The molecule has 41 heavy (non-hydrogen) atoms. The van der Waals surface area contributed by atoms with Gasteiger partial charge in [0.15, 0.2) is 0 Å². The molecule has 2 aliphatic heterocycles. The van der Waals surface area contributed by atoms with E-state index in [4.69, 9.17) is 17.3 Å². The van der Waals surface area contributed by atoms with Gasteiger partial charge < -0.3 is 15.5 Å². The number of likely N-dealkylation sites (tertiary alicyclic amines) is 1. The number of halogens is 1. The summed E-state index contributed by atoms with van der Waals surface area (Å²) >= 11 is 8.16. The average Bonchev–Trinajstić information content (AvgIpc) is 3.51. The third-order valence-electron chi connectivity index (χ3n) is 8.94. The molecule has 0 spiro atoms. The monoisotopic (exact) mass is 586 g/mol. The van der Waals surface area contributed by atoms with Crippen molar-refractivity contribution in [3.63, 3.8) is 0 Å². The molecule has 6 rings (SSSR count). The van der Waals surface area contributed by atoms with Gasteiger partial charge in [0, 0.05) is 49.0 Å². The van der Waals surface area contributed by atoms with Gasteiger partial charge in [-0.3, -0.25) is 9.69 Å². The summed E-state index contributed by atoms with van der Waals surface area (Å²) in [6.45, 7) is 7.18. The van der Waals surface area contributed by atoms with Gasteiger partial charge in [-0.15, -0.1) is 11.3 Å². The lowest BCUT2D eigenvalue weighted by Gasteiger charge is -2.39. The number of rotatable bonds is 8. The van der Waals surface area contributed by atoms with Crippen LogP contribution < -0.4 is 5.73 Å². The fourth-order valence-corrected chi connectivity index (χ4v) is 7.49. The first-order valence-corrected chi connectivity index (χ1v) is 16.1. The highest BCUT2D eigenvalue weighted by atomic mass is 35.5. The van der Waals surface area contributed by atoms with E-state index >= 15 is 0 Å². The van der Waals surface area contributed by atoms with E-state index < -0.39 is 6.04 Å². The topological polar surface area (TPSA) is 52.8 Å². The van der Waals surface area contributed by atoms with Crippen molar-refractivity contribution in [3.8, 4) is 11.1 Å². The molecule has 0 bridgehead atoms. The molecule has 2 fully saturated rings. The molecule has 0 aliphatic carbocycles. The summed E-state index contributed by atoms with van der Waals surface area (Å²) in [6, 6.07) is 25.1. The molecule has 3 aromatic carbocycles. The molecule has 7 heteroatoms. The second-order valence-electron chi connectivity index (χ2n) is 11.5. The zero-order valence-corrected chi connectivity index (χ0v) is 25.1. The fraction of sp³-hybridized carbons (Fsp3) is 0.382. The molecule has 2 aliphatic rings. The maximum Gasteiger partial charge on any atom is 0.239 e. The Balaban J connectivity index is 0.968. The number of nitrogens with zero attached hydrogens (tertiary/aromatic N) is 3. The molecule has 0 radical (unpaired) electrons. The van der Waals surface area contributed by atoms with Gasteiger partial charge in [0.2, 0.25) is 5.91 Å². The van der Waals surface area contributed by atoms with Gasteiger partial charge in [-0.1, -0.05) is 60.1 Å². The first-order valence-electron chi connectivity index (χ1n) is 14.8. The van der Waals surface area contributed by atoms with Crippen molar-refractivity contribution in [2.75, 3.05) is 45.8 Å². The highest BCUT2D eigenvalue weighted by Crippen LogP contribution is 2.29. The smallest absolute Gasteiger partial charge is 0.239 e. The number of hydrogen-bond donors (Lipinski definition) is 1. The Kier molecular flexibility index (Phi) is 9.04. The molecule has 214 valence electrons. The summed E-state index contributed by atoms with van der Waals surface area (Å²) in [5, 5.41) is 4.30. The van der Waals surface area contributed by atoms with Crippen molar-refractivity contribution in [1.29, 1.82) is 0 Å². The summed E-state index contributed by atoms with van der Waals surface area (Å²) in [5.74, 6) is 0.383. The van der Waals surface area contributed by atoms with Gasteiger partial charge in [0.25, 0.3) is 0 Å². The Labute approximate surface area is 252 Å². The van der Waals surface area contributed by atoms with Crippen molar-refractivity contribution in [1.82, 2.24) is 14.7 Å². The molecule has 2 saturated heterocycles. The van der Waals surface area contributed by atoms with Crippen LogP contribution in [0.1, 0.15) is 24.0 Å². The van der Waals surface area contributed by atoms with Gasteiger partial charge in [0.05, 0.1) is 6.04 Å². The van der Waals surface area contributed by atoms with Crippen molar-refractivity contribution in [2.45, 2.75) is 31.8 Å². The normalized spacial score (nSPS) is 18.1. The Morgan fingerprint density at radius 3 is 2.44 bits per heavy atom. The van der Waals surface area contributed by atoms with Crippen LogP contribution in [0.4, 0.5) is 0 Å². The lowest BCUT2D eigenvalue weighted by molar-refractivity contribution is -0.136. The molecular formula is C34H39ClN4OS. The van der Waals surface area contributed by atoms with E-state index in [1.165, 1.54) is 32.3 Å². The van der Waals surface area contributed by atoms with Crippen LogP contribution in [0.2, 0.25) is 5.02 Å². The lowest BCUT2D eigenvalue weighted by atomic mass is 9.88. The van der Waals surface area contributed by atoms with Crippen LogP contribution >= 0.6 is 22.9 Å².